The lowest BCUT2D eigenvalue weighted by molar-refractivity contribution is 0.994. The Morgan fingerprint density at radius 3 is 2.87 bits per heavy atom. The first kappa shape index (κ1) is 9.31. The molecule has 2 atom stereocenters. The number of pyridine rings is 1. The van der Waals surface area contributed by atoms with Gasteiger partial charge in [-0.2, -0.15) is 0 Å². The van der Waals surface area contributed by atoms with Gasteiger partial charge in [-0.25, -0.2) is 0 Å². The number of benzene rings is 1. The fraction of sp³-hybridized carbons (Fsp3) is 0.250. The molecule has 15 heavy (non-hydrogen) atoms. The topological polar surface area (TPSA) is 38.9 Å². The lowest BCUT2D eigenvalue weighted by Gasteiger charge is -2.05. The Kier molecular flexibility index (Phi) is 2.04. The second-order valence-electron chi connectivity index (χ2n) is 4.04. The van der Waals surface area contributed by atoms with E-state index in [2.05, 4.69) is 39.1 Å². The van der Waals surface area contributed by atoms with Gasteiger partial charge in [0.25, 0.3) is 0 Å². The van der Waals surface area contributed by atoms with Gasteiger partial charge in [-0.15, -0.1) is 0 Å². The first-order chi connectivity index (χ1) is 7.27. The third kappa shape index (κ3) is 1.46. The van der Waals surface area contributed by atoms with Gasteiger partial charge in [-0.05, 0) is 24.1 Å². The highest BCUT2D eigenvalue weighted by atomic mass is 79.9. The Morgan fingerprint density at radius 2 is 2.13 bits per heavy atom. The molecular formula is C12H11BrN2. The van der Waals surface area contributed by atoms with E-state index in [1.807, 2.05) is 12.3 Å². The molecule has 0 radical (unpaired) electrons. The maximum atomic E-state index is 5.89. The fourth-order valence-electron chi connectivity index (χ4n) is 2.03. The highest BCUT2D eigenvalue weighted by Gasteiger charge is 2.36. The first-order valence-corrected chi connectivity index (χ1v) is 5.85. The SMILES string of the molecule is NC1CC1c1ccc(Br)c2cccnc12. The summed E-state index contributed by atoms with van der Waals surface area (Å²) in [5.74, 6) is 0.510. The van der Waals surface area contributed by atoms with E-state index in [0.717, 1.165) is 16.4 Å². The van der Waals surface area contributed by atoms with E-state index in [1.165, 1.54) is 10.9 Å². The van der Waals surface area contributed by atoms with Crippen LogP contribution in [0.5, 0.6) is 0 Å². The van der Waals surface area contributed by atoms with Gasteiger partial charge in [0.15, 0.2) is 0 Å². The molecule has 0 spiro atoms. The van der Waals surface area contributed by atoms with Crippen molar-refractivity contribution < 1.29 is 0 Å². The molecule has 2 N–H and O–H groups in total. The summed E-state index contributed by atoms with van der Waals surface area (Å²) in [6.45, 7) is 0. The van der Waals surface area contributed by atoms with Crippen LogP contribution < -0.4 is 5.73 Å². The molecule has 0 bridgehead atoms. The zero-order chi connectivity index (χ0) is 10.4. The van der Waals surface area contributed by atoms with Crippen molar-refractivity contribution in [3.8, 4) is 0 Å². The van der Waals surface area contributed by atoms with Crippen molar-refractivity contribution in [2.45, 2.75) is 18.4 Å². The monoisotopic (exact) mass is 262 g/mol. The molecule has 1 aliphatic carbocycles. The van der Waals surface area contributed by atoms with Gasteiger partial charge in [-0.1, -0.05) is 28.1 Å². The molecule has 2 nitrogen and oxygen atoms in total. The quantitative estimate of drug-likeness (QED) is 0.859. The maximum Gasteiger partial charge on any atom is 0.0748 e. The van der Waals surface area contributed by atoms with Crippen LogP contribution in [0.4, 0.5) is 0 Å². The molecule has 76 valence electrons. The molecule has 0 saturated heterocycles. The highest BCUT2D eigenvalue weighted by Crippen LogP contribution is 2.42. The van der Waals surface area contributed by atoms with E-state index >= 15 is 0 Å². The summed E-state index contributed by atoms with van der Waals surface area (Å²) in [5, 5.41) is 1.18. The minimum atomic E-state index is 0.330. The molecule has 1 aliphatic rings. The van der Waals surface area contributed by atoms with Gasteiger partial charge in [0.2, 0.25) is 0 Å². The molecule has 1 heterocycles. The van der Waals surface area contributed by atoms with Crippen LogP contribution in [0.2, 0.25) is 0 Å². The van der Waals surface area contributed by atoms with Crippen LogP contribution in [-0.4, -0.2) is 11.0 Å². The summed E-state index contributed by atoms with van der Waals surface area (Å²) in [5.41, 5.74) is 8.27. The molecular weight excluding hydrogens is 252 g/mol. The number of nitrogens with zero attached hydrogens (tertiary/aromatic N) is 1. The lowest BCUT2D eigenvalue weighted by atomic mass is 10.1. The molecule has 0 amide bonds. The highest BCUT2D eigenvalue weighted by molar-refractivity contribution is 9.10. The molecule has 1 aromatic carbocycles. The molecule has 2 unspecified atom stereocenters. The summed E-state index contributed by atoms with van der Waals surface area (Å²) in [6, 6.07) is 8.60. The summed E-state index contributed by atoms with van der Waals surface area (Å²) >= 11 is 3.54. The minimum Gasteiger partial charge on any atom is -0.327 e. The summed E-state index contributed by atoms with van der Waals surface area (Å²) in [4.78, 5) is 4.45. The van der Waals surface area contributed by atoms with E-state index in [1.54, 1.807) is 0 Å². The largest absolute Gasteiger partial charge is 0.327 e. The number of hydrogen-bond donors (Lipinski definition) is 1. The van der Waals surface area contributed by atoms with Crippen LogP contribution in [0.15, 0.2) is 34.9 Å². The lowest BCUT2D eigenvalue weighted by Crippen LogP contribution is -2.01. The zero-order valence-electron chi connectivity index (χ0n) is 8.15. The number of fused-ring (bicyclic) bond motifs is 1. The van der Waals surface area contributed by atoms with Crippen LogP contribution in [-0.2, 0) is 0 Å². The van der Waals surface area contributed by atoms with Gasteiger partial charge in [0, 0.05) is 28.0 Å². The van der Waals surface area contributed by atoms with E-state index in [0.29, 0.717) is 12.0 Å². The van der Waals surface area contributed by atoms with Crippen molar-refractivity contribution in [2.75, 3.05) is 0 Å². The molecule has 2 aromatic rings. The Hall–Kier alpha value is -0.930. The molecule has 3 rings (SSSR count). The molecule has 1 saturated carbocycles. The smallest absolute Gasteiger partial charge is 0.0748 e. The molecule has 3 heteroatoms. The summed E-state index contributed by atoms with van der Waals surface area (Å²) in [7, 11) is 0. The number of halogens is 1. The van der Waals surface area contributed by atoms with Gasteiger partial charge in [-0.3, -0.25) is 4.98 Å². The van der Waals surface area contributed by atoms with Crippen molar-refractivity contribution >= 4 is 26.8 Å². The van der Waals surface area contributed by atoms with Crippen molar-refractivity contribution in [1.82, 2.24) is 4.98 Å². The summed E-state index contributed by atoms with van der Waals surface area (Å²) in [6.07, 6.45) is 2.93. The van der Waals surface area contributed by atoms with Crippen LogP contribution in [0.1, 0.15) is 17.9 Å². The predicted molar refractivity (Wildman–Crippen MR) is 64.8 cm³/mol. The second kappa shape index (κ2) is 3.29. The zero-order valence-corrected chi connectivity index (χ0v) is 9.74. The number of aromatic nitrogens is 1. The van der Waals surface area contributed by atoms with E-state index < -0.39 is 0 Å². The molecule has 1 fully saturated rings. The average Bonchev–Trinajstić information content (AvgIpc) is 2.96. The maximum absolute atomic E-state index is 5.89. The predicted octanol–water partition coefficient (Wildman–Crippen LogP) is 2.81. The molecule has 1 aromatic heterocycles. The van der Waals surface area contributed by atoms with E-state index in [4.69, 9.17) is 5.73 Å². The van der Waals surface area contributed by atoms with Gasteiger partial charge in [0.1, 0.15) is 0 Å². The Morgan fingerprint density at radius 1 is 1.33 bits per heavy atom. The van der Waals surface area contributed by atoms with Crippen LogP contribution in [0, 0.1) is 0 Å². The van der Waals surface area contributed by atoms with Gasteiger partial charge < -0.3 is 5.73 Å². The molecule has 0 aliphatic heterocycles. The normalized spacial score (nSPS) is 24.4. The van der Waals surface area contributed by atoms with Crippen LogP contribution in [0.25, 0.3) is 10.9 Å². The second-order valence-corrected chi connectivity index (χ2v) is 4.90. The van der Waals surface area contributed by atoms with E-state index in [9.17, 15) is 0 Å². The first-order valence-electron chi connectivity index (χ1n) is 5.06. The van der Waals surface area contributed by atoms with Crippen molar-refractivity contribution in [3.63, 3.8) is 0 Å². The van der Waals surface area contributed by atoms with Crippen molar-refractivity contribution in [2.24, 2.45) is 5.73 Å². The van der Waals surface area contributed by atoms with E-state index in [-0.39, 0.29) is 0 Å². The van der Waals surface area contributed by atoms with Crippen LogP contribution >= 0.6 is 15.9 Å². The van der Waals surface area contributed by atoms with Gasteiger partial charge in [0.05, 0.1) is 5.52 Å². The van der Waals surface area contributed by atoms with Gasteiger partial charge >= 0.3 is 0 Å². The van der Waals surface area contributed by atoms with Crippen LogP contribution in [0.3, 0.4) is 0 Å². The number of nitrogens with two attached hydrogens (primary N) is 1. The Labute approximate surface area is 96.6 Å². The standard InChI is InChI=1S/C12H11BrN2/c13-10-4-3-7(9-6-11(9)14)12-8(10)2-1-5-15-12/h1-5,9,11H,6,14H2. The summed E-state index contributed by atoms with van der Waals surface area (Å²) < 4.78 is 1.10. The fourth-order valence-corrected chi connectivity index (χ4v) is 2.48. The Balaban J connectivity index is 2.27. The number of hydrogen-bond acceptors (Lipinski definition) is 2. The Bertz CT molecular complexity index is 524. The third-order valence-electron chi connectivity index (χ3n) is 2.99. The van der Waals surface area contributed by atoms with Crippen molar-refractivity contribution in [1.29, 1.82) is 0 Å². The minimum absolute atomic E-state index is 0.330. The third-order valence-corrected chi connectivity index (χ3v) is 3.68. The average molecular weight is 263 g/mol. The van der Waals surface area contributed by atoms with Crippen molar-refractivity contribution in [3.05, 3.63) is 40.5 Å². The number of rotatable bonds is 1.